The fourth-order valence-electron chi connectivity index (χ4n) is 3.85. The Kier molecular flexibility index (Phi) is 6.47. The van der Waals surface area contributed by atoms with Gasteiger partial charge < -0.3 is 4.90 Å². The molecule has 3 rings (SSSR count). The zero-order valence-corrected chi connectivity index (χ0v) is 17.7. The van der Waals surface area contributed by atoms with Gasteiger partial charge in [0, 0.05) is 13.0 Å². The number of hydrogen-bond donors (Lipinski definition) is 0. The first-order valence-electron chi connectivity index (χ1n) is 10.4. The van der Waals surface area contributed by atoms with Gasteiger partial charge in [-0.2, -0.15) is 0 Å². The van der Waals surface area contributed by atoms with Crippen LogP contribution in [0.1, 0.15) is 58.0 Å². The normalized spacial score (nSPS) is 12.1. The van der Waals surface area contributed by atoms with Crippen LogP contribution in [0, 0.1) is 0 Å². The van der Waals surface area contributed by atoms with Gasteiger partial charge in [-0.25, -0.2) is 4.98 Å². The van der Waals surface area contributed by atoms with Crippen molar-refractivity contribution in [2.45, 2.75) is 53.0 Å². The highest BCUT2D eigenvalue weighted by atomic mass is 16.2. The molecule has 0 N–H and O–H groups in total. The SMILES string of the molecule is CCCC(=O)N(CC)C(C)c1nc2ccccc2c(=O)n1-c1ccccc1CC. The molecule has 2 aromatic carbocycles. The molecule has 29 heavy (non-hydrogen) atoms. The van der Waals surface area contributed by atoms with E-state index in [2.05, 4.69) is 6.92 Å². The Morgan fingerprint density at radius 1 is 1.07 bits per heavy atom. The molecule has 5 heteroatoms. The maximum Gasteiger partial charge on any atom is 0.266 e. The minimum atomic E-state index is -0.318. The fraction of sp³-hybridized carbons (Fsp3) is 0.375. The summed E-state index contributed by atoms with van der Waals surface area (Å²) >= 11 is 0. The molecule has 0 spiro atoms. The van der Waals surface area contributed by atoms with Crippen LogP contribution >= 0.6 is 0 Å². The number of carbonyl (C=O) groups excluding carboxylic acids is 1. The largest absolute Gasteiger partial charge is 0.333 e. The van der Waals surface area contributed by atoms with Crippen molar-refractivity contribution in [3.05, 3.63) is 70.3 Å². The minimum Gasteiger partial charge on any atom is -0.333 e. The molecular formula is C24H29N3O2. The van der Waals surface area contributed by atoms with E-state index in [0.717, 1.165) is 24.1 Å². The zero-order valence-electron chi connectivity index (χ0n) is 17.7. The Bertz CT molecular complexity index is 1070. The standard InChI is InChI=1S/C24H29N3O2/c1-5-12-22(28)26(7-3)17(4)23-25-20-15-10-9-14-19(20)24(29)27(23)21-16-11-8-13-18(21)6-2/h8-11,13-17H,5-7,12H2,1-4H3. The van der Waals surface area contributed by atoms with Gasteiger partial charge in [-0.15, -0.1) is 0 Å². The second kappa shape index (κ2) is 9.03. The smallest absolute Gasteiger partial charge is 0.266 e. The van der Waals surface area contributed by atoms with E-state index in [9.17, 15) is 9.59 Å². The van der Waals surface area contributed by atoms with Crippen LogP contribution in [-0.2, 0) is 11.2 Å². The predicted molar refractivity (Wildman–Crippen MR) is 117 cm³/mol. The summed E-state index contributed by atoms with van der Waals surface area (Å²) < 4.78 is 1.70. The van der Waals surface area contributed by atoms with Crippen molar-refractivity contribution in [2.24, 2.45) is 0 Å². The van der Waals surface area contributed by atoms with Crippen LogP contribution in [0.15, 0.2) is 53.3 Å². The Morgan fingerprint density at radius 3 is 2.45 bits per heavy atom. The number of amides is 1. The highest BCUT2D eigenvalue weighted by molar-refractivity contribution is 5.79. The predicted octanol–water partition coefficient (Wildman–Crippen LogP) is 4.66. The minimum absolute atomic E-state index is 0.0836. The van der Waals surface area contributed by atoms with E-state index in [-0.39, 0.29) is 17.5 Å². The molecule has 0 aliphatic heterocycles. The van der Waals surface area contributed by atoms with E-state index in [1.165, 1.54) is 0 Å². The summed E-state index contributed by atoms with van der Waals surface area (Å²) in [6.45, 7) is 8.56. The Hall–Kier alpha value is -2.95. The number of aromatic nitrogens is 2. The molecule has 1 aromatic heterocycles. The molecule has 0 saturated heterocycles. The van der Waals surface area contributed by atoms with E-state index in [0.29, 0.717) is 29.7 Å². The monoisotopic (exact) mass is 391 g/mol. The van der Waals surface area contributed by atoms with Crippen molar-refractivity contribution in [3.8, 4) is 5.69 Å². The van der Waals surface area contributed by atoms with Crippen LogP contribution < -0.4 is 5.56 Å². The highest BCUT2D eigenvalue weighted by Crippen LogP contribution is 2.25. The number of benzene rings is 2. The molecule has 3 aromatic rings. The van der Waals surface area contributed by atoms with E-state index < -0.39 is 0 Å². The third kappa shape index (κ3) is 3.95. The summed E-state index contributed by atoms with van der Waals surface area (Å²) in [7, 11) is 0. The maximum atomic E-state index is 13.5. The third-order valence-electron chi connectivity index (χ3n) is 5.38. The van der Waals surface area contributed by atoms with E-state index in [1.54, 1.807) is 4.57 Å². The number of nitrogens with zero attached hydrogens (tertiary/aromatic N) is 3. The van der Waals surface area contributed by atoms with E-state index in [4.69, 9.17) is 4.98 Å². The van der Waals surface area contributed by atoms with E-state index in [1.807, 2.05) is 74.2 Å². The van der Waals surface area contributed by atoms with Crippen LogP contribution in [0.3, 0.4) is 0 Å². The Labute approximate surface area is 172 Å². The van der Waals surface area contributed by atoms with Crippen molar-refractivity contribution in [1.29, 1.82) is 0 Å². The molecular weight excluding hydrogens is 362 g/mol. The summed E-state index contributed by atoms with van der Waals surface area (Å²) in [6, 6.07) is 15.0. The Balaban J connectivity index is 2.30. The average Bonchev–Trinajstić information content (AvgIpc) is 2.74. The van der Waals surface area contributed by atoms with Crippen LogP contribution in [-0.4, -0.2) is 26.9 Å². The molecule has 152 valence electrons. The van der Waals surface area contributed by atoms with Crippen molar-refractivity contribution in [2.75, 3.05) is 6.54 Å². The summed E-state index contributed by atoms with van der Waals surface area (Å²) in [6.07, 6.45) is 2.08. The second-order valence-electron chi connectivity index (χ2n) is 7.22. The first kappa shape index (κ1) is 20.8. The summed E-state index contributed by atoms with van der Waals surface area (Å²) in [5, 5.41) is 0.581. The van der Waals surface area contributed by atoms with Crippen LogP contribution in [0.25, 0.3) is 16.6 Å². The first-order valence-corrected chi connectivity index (χ1v) is 10.4. The van der Waals surface area contributed by atoms with Crippen molar-refractivity contribution >= 4 is 16.8 Å². The molecule has 0 aliphatic rings. The number of hydrogen-bond acceptors (Lipinski definition) is 3. The molecule has 0 bridgehead atoms. The number of fused-ring (bicyclic) bond motifs is 1. The maximum absolute atomic E-state index is 13.5. The highest BCUT2D eigenvalue weighted by Gasteiger charge is 2.25. The van der Waals surface area contributed by atoms with Crippen LogP contribution in [0.5, 0.6) is 0 Å². The number of aryl methyl sites for hydroxylation is 1. The number of carbonyl (C=O) groups is 1. The van der Waals surface area contributed by atoms with Crippen molar-refractivity contribution in [1.82, 2.24) is 14.5 Å². The van der Waals surface area contributed by atoms with Gasteiger partial charge in [-0.3, -0.25) is 14.2 Å². The van der Waals surface area contributed by atoms with Gasteiger partial charge >= 0.3 is 0 Å². The topological polar surface area (TPSA) is 55.2 Å². The molecule has 0 saturated carbocycles. The lowest BCUT2D eigenvalue weighted by Gasteiger charge is -2.30. The van der Waals surface area contributed by atoms with Crippen molar-refractivity contribution in [3.63, 3.8) is 0 Å². The van der Waals surface area contributed by atoms with Crippen molar-refractivity contribution < 1.29 is 4.79 Å². The lowest BCUT2D eigenvalue weighted by molar-refractivity contribution is -0.133. The van der Waals surface area contributed by atoms with Gasteiger partial charge in [0.1, 0.15) is 5.82 Å². The van der Waals surface area contributed by atoms with E-state index >= 15 is 0 Å². The fourth-order valence-corrected chi connectivity index (χ4v) is 3.85. The van der Waals surface area contributed by atoms with Gasteiger partial charge in [0.2, 0.25) is 5.91 Å². The number of para-hydroxylation sites is 2. The van der Waals surface area contributed by atoms with Crippen LogP contribution in [0.2, 0.25) is 0 Å². The third-order valence-corrected chi connectivity index (χ3v) is 5.38. The van der Waals surface area contributed by atoms with Crippen LogP contribution in [0.4, 0.5) is 0 Å². The average molecular weight is 392 g/mol. The molecule has 0 fully saturated rings. The van der Waals surface area contributed by atoms with Gasteiger partial charge in [-0.05, 0) is 50.5 Å². The summed E-state index contributed by atoms with van der Waals surface area (Å²) in [5.74, 6) is 0.682. The molecule has 1 unspecified atom stereocenters. The molecule has 1 atom stereocenters. The Morgan fingerprint density at radius 2 is 1.76 bits per heavy atom. The van der Waals surface area contributed by atoms with Gasteiger partial charge in [-0.1, -0.05) is 44.2 Å². The lowest BCUT2D eigenvalue weighted by Crippen LogP contribution is -2.37. The lowest BCUT2D eigenvalue weighted by atomic mass is 10.1. The van der Waals surface area contributed by atoms with Gasteiger partial charge in [0.05, 0.1) is 22.6 Å². The second-order valence-corrected chi connectivity index (χ2v) is 7.22. The summed E-state index contributed by atoms with van der Waals surface area (Å²) in [5.41, 5.74) is 2.46. The molecule has 0 radical (unpaired) electrons. The zero-order chi connectivity index (χ0) is 21.0. The molecule has 1 amide bonds. The molecule has 1 heterocycles. The molecule has 5 nitrogen and oxygen atoms in total. The quantitative estimate of drug-likeness (QED) is 0.589. The van der Waals surface area contributed by atoms with Gasteiger partial charge in [0.25, 0.3) is 5.56 Å². The first-order chi connectivity index (χ1) is 14.0. The molecule has 0 aliphatic carbocycles. The number of rotatable bonds is 7. The van der Waals surface area contributed by atoms with Gasteiger partial charge in [0.15, 0.2) is 0 Å². The summed E-state index contributed by atoms with van der Waals surface area (Å²) in [4.78, 5) is 32.9.